The first-order valence-electron chi connectivity index (χ1n) is 12.9. The van der Waals surface area contributed by atoms with Gasteiger partial charge in [-0.25, -0.2) is 9.69 Å². The van der Waals surface area contributed by atoms with Crippen LogP contribution in [0.15, 0.2) is 60.7 Å². The van der Waals surface area contributed by atoms with Crippen molar-refractivity contribution in [2.45, 2.75) is 56.5 Å². The Labute approximate surface area is 202 Å². The third kappa shape index (κ3) is 4.75. The number of benzene rings is 2. The van der Waals surface area contributed by atoms with E-state index in [4.69, 9.17) is 0 Å². The van der Waals surface area contributed by atoms with Crippen LogP contribution in [0.25, 0.3) is 0 Å². The number of amides is 3. The van der Waals surface area contributed by atoms with Crippen molar-refractivity contribution in [2.24, 2.45) is 0 Å². The Morgan fingerprint density at radius 1 is 0.735 bits per heavy atom. The molecule has 6 nitrogen and oxygen atoms in total. The summed E-state index contributed by atoms with van der Waals surface area (Å²) in [6.07, 6.45) is 7.11. The average molecular weight is 461 g/mol. The lowest BCUT2D eigenvalue weighted by atomic mass is 9.84. The maximum absolute atomic E-state index is 13.4. The summed E-state index contributed by atoms with van der Waals surface area (Å²) >= 11 is 0. The lowest BCUT2D eigenvalue weighted by molar-refractivity contribution is -0.133. The molecule has 2 aliphatic heterocycles. The Kier molecular flexibility index (Phi) is 6.97. The summed E-state index contributed by atoms with van der Waals surface area (Å²) < 4.78 is 0. The van der Waals surface area contributed by atoms with Crippen LogP contribution in [-0.4, -0.2) is 65.0 Å². The van der Waals surface area contributed by atoms with Gasteiger partial charge in [0.15, 0.2) is 0 Å². The second-order valence-electron chi connectivity index (χ2n) is 10.0. The molecular formula is C28H36N4O2. The number of hydrogen-bond acceptors (Lipinski definition) is 4. The summed E-state index contributed by atoms with van der Waals surface area (Å²) in [5.41, 5.74) is 1.93. The van der Waals surface area contributed by atoms with Crippen LogP contribution >= 0.6 is 0 Å². The van der Waals surface area contributed by atoms with Crippen molar-refractivity contribution in [2.75, 3.05) is 32.8 Å². The maximum atomic E-state index is 13.4. The van der Waals surface area contributed by atoms with Crippen molar-refractivity contribution in [3.05, 3.63) is 71.8 Å². The van der Waals surface area contributed by atoms with Gasteiger partial charge in [0, 0.05) is 26.2 Å². The van der Waals surface area contributed by atoms with E-state index < -0.39 is 5.54 Å². The highest BCUT2D eigenvalue weighted by molar-refractivity contribution is 6.07. The van der Waals surface area contributed by atoms with Crippen LogP contribution in [-0.2, 0) is 4.79 Å². The molecule has 1 N–H and O–H groups in total. The van der Waals surface area contributed by atoms with Gasteiger partial charge in [0.1, 0.15) is 5.54 Å². The highest BCUT2D eigenvalue weighted by Gasteiger charge is 2.50. The van der Waals surface area contributed by atoms with E-state index >= 15 is 0 Å². The van der Waals surface area contributed by atoms with Crippen LogP contribution in [0.2, 0.25) is 0 Å². The average Bonchev–Trinajstić information content (AvgIpc) is 3.09. The summed E-state index contributed by atoms with van der Waals surface area (Å²) in [6, 6.07) is 21.3. The second-order valence-corrected chi connectivity index (χ2v) is 10.0. The van der Waals surface area contributed by atoms with E-state index in [1.165, 1.54) is 22.4 Å². The summed E-state index contributed by atoms with van der Waals surface area (Å²) in [5, 5.41) is 3.10. The molecule has 2 aromatic carbocycles. The molecule has 2 aromatic rings. The van der Waals surface area contributed by atoms with Gasteiger partial charge in [0.25, 0.3) is 5.91 Å². The molecule has 34 heavy (non-hydrogen) atoms. The fourth-order valence-corrected chi connectivity index (χ4v) is 5.90. The summed E-state index contributed by atoms with van der Waals surface area (Å²) in [7, 11) is 0. The van der Waals surface area contributed by atoms with Crippen LogP contribution in [0.5, 0.6) is 0 Å². The van der Waals surface area contributed by atoms with Gasteiger partial charge in [-0.3, -0.25) is 14.6 Å². The van der Waals surface area contributed by atoms with E-state index in [9.17, 15) is 9.59 Å². The van der Waals surface area contributed by atoms with Gasteiger partial charge in [0.05, 0.1) is 12.7 Å². The number of piperazine rings is 1. The van der Waals surface area contributed by atoms with Gasteiger partial charge >= 0.3 is 6.03 Å². The summed E-state index contributed by atoms with van der Waals surface area (Å²) in [6.45, 7) is 3.84. The van der Waals surface area contributed by atoms with E-state index in [1.807, 2.05) is 0 Å². The van der Waals surface area contributed by atoms with E-state index in [2.05, 4.69) is 75.8 Å². The zero-order chi connectivity index (χ0) is 23.4. The zero-order valence-electron chi connectivity index (χ0n) is 20.0. The third-order valence-electron chi connectivity index (χ3n) is 7.80. The topological polar surface area (TPSA) is 55.9 Å². The SMILES string of the molecule is O=C1NC2(CCCCCCC2)C(=O)N1CN1CCN(C(c2ccccc2)c2ccccc2)CC1. The van der Waals surface area contributed by atoms with Crippen molar-refractivity contribution in [3.63, 3.8) is 0 Å². The molecule has 180 valence electrons. The Bertz CT molecular complexity index is 925. The Morgan fingerprint density at radius 2 is 1.26 bits per heavy atom. The van der Waals surface area contributed by atoms with Crippen molar-refractivity contribution in [1.29, 1.82) is 0 Å². The lowest BCUT2D eigenvalue weighted by Gasteiger charge is -2.40. The molecule has 1 saturated carbocycles. The predicted octanol–water partition coefficient (Wildman–Crippen LogP) is 4.39. The Balaban J connectivity index is 1.24. The fraction of sp³-hybridized carbons (Fsp3) is 0.500. The third-order valence-corrected chi connectivity index (χ3v) is 7.80. The molecule has 2 heterocycles. The molecule has 3 fully saturated rings. The first-order valence-corrected chi connectivity index (χ1v) is 12.9. The highest BCUT2D eigenvalue weighted by Crippen LogP contribution is 2.33. The van der Waals surface area contributed by atoms with Gasteiger partial charge < -0.3 is 5.32 Å². The molecule has 1 spiro atoms. The number of carbonyl (C=O) groups excluding carboxylic acids is 2. The molecular weight excluding hydrogens is 424 g/mol. The summed E-state index contributed by atoms with van der Waals surface area (Å²) in [4.78, 5) is 32.5. The van der Waals surface area contributed by atoms with Crippen molar-refractivity contribution >= 4 is 11.9 Å². The highest BCUT2D eigenvalue weighted by atomic mass is 16.2. The van der Waals surface area contributed by atoms with Crippen LogP contribution < -0.4 is 5.32 Å². The Morgan fingerprint density at radius 3 is 1.82 bits per heavy atom. The number of rotatable bonds is 5. The van der Waals surface area contributed by atoms with Gasteiger partial charge in [-0.2, -0.15) is 0 Å². The number of nitrogens with one attached hydrogen (secondary N) is 1. The smallest absolute Gasteiger partial charge is 0.323 e. The fourth-order valence-electron chi connectivity index (χ4n) is 5.90. The molecule has 2 saturated heterocycles. The Hall–Kier alpha value is -2.70. The number of hydrogen-bond donors (Lipinski definition) is 1. The molecule has 0 radical (unpaired) electrons. The van der Waals surface area contributed by atoms with E-state index in [-0.39, 0.29) is 18.0 Å². The lowest BCUT2D eigenvalue weighted by Crippen LogP contribution is -2.52. The van der Waals surface area contributed by atoms with E-state index in [0.29, 0.717) is 6.67 Å². The molecule has 0 aromatic heterocycles. The largest absolute Gasteiger partial charge is 0.326 e. The molecule has 5 rings (SSSR count). The van der Waals surface area contributed by atoms with E-state index in [0.717, 1.165) is 64.7 Å². The zero-order valence-corrected chi connectivity index (χ0v) is 20.0. The van der Waals surface area contributed by atoms with Gasteiger partial charge in [0.2, 0.25) is 0 Å². The minimum absolute atomic E-state index is 0.00622. The molecule has 1 aliphatic carbocycles. The molecule has 6 heteroatoms. The number of carbonyl (C=O) groups is 2. The molecule has 0 atom stereocenters. The maximum Gasteiger partial charge on any atom is 0.326 e. The van der Waals surface area contributed by atoms with E-state index in [1.54, 1.807) is 0 Å². The van der Waals surface area contributed by atoms with Crippen molar-refractivity contribution < 1.29 is 9.59 Å². The molecule has 3 aliphatic rings. The second kappa shape index (κ2) is 10.3. The monoisotopic (exact) mass is 460 g/mol. The van der Waals surface area contributed by atoms with Crippen LogP contribution in [0.3, 0.4) is 0 Å². The van der Waals surface area contributed by atoms with Crippen LogP contribution in [0, 0.1) is 0 Å². The van der Waals surface area contributed by atoms with Crippen molar-refractivity contribution in [1.82, 2.24) is 20.0 Å². The van der Waals surface area contributed by atoms with Gasteiger partial charge in [-0.05, 0) is 24.0 Å². The predicted molar refractivity (Wildman–Crippen MR) is 133 cm³/mol. The number of imide groups is 1. The number of urea groups is 1. The standard InChI is InChI=1S/C28H36N4O2/c33-26-28(16-10-2-1-3-11-17-28)29-27(34)32(26)22-30-18-20-31(21-19-30)25(23-12-6-4-7-13-23)24-14-8-5-9-15-24/h4-9,12-15,25H,1-3,10-11,16-22H2,(H,29,34). The number of nitrogens with zero attached hydrogens (tertiary/aromatic N) is 3. The first kappa shape index (κ1) is 23.1. The normalized spacial score (nSPS) is 22.1. The molecule has 3 amide bonds. The minimum atomic E-state index is -0.662. The first-order chi connectivity index (χ1) is 16.7. The van der Waals surface area contributed by atoms with Gasteiger partial charge in [-0.1, -0.05) is 92.8 Å². The molecule has 0 unspecified atom stereocenters. The summed E-state index contributed by atoms with van der Waals surface area (Å²) in [5.74, 6) is -0.00622. The van der Waals surface area contributed by atoms with Gasteiger partial charge in [-0.15, -0.1) is 0 Å². The van der Waals surface area contributed by atoms with Crippen LogP contribution in [0.4, 0.5) is 4.79 Å². The quantitative estimate of drug-likeness (QED) is 0.673. The van der Waals surface area contributed by atoms with Crippen LogP contribution in [0.1, 0.15) is 62.1 Å². The van der Waals surface area contributed by atoms with Crippen molar-refractivity contribution in [3.8, 4) is 0 Å². The molecule has 0 bridgehead atoms. The minimum Gasteiger partial charge on any atom is -0.323 e.